The number of carbonyl (C=O) groups is 2. The molecule has 7 heteroatoms. The molecule has 0 unspecified atom stereocenters. The fourth-order valence-electron chi connectivity index (χ4n) is 3.01. The summed E-state index contributed by atoms with van der Waals surface area (Å²) in [5.74, 6) is -0.604. The number of halogens is 2. The number of hydrogen-bond acceptors (Lipinski definition) is 2. The molecule has 126 valence electrons. The van der Waals surface area contributed by atoms with Gasteiger partial charge in [0, 0.05) is 34.9 Å². The largest absolute Gasteiger partial charge is 0.364 e. The highest BCUT2D eigenvalue weighted by atomic mass is 35.5. The van der Waals surface area contributed by atoms with E-state index >= 15 is 0 Å². The second kappa shape index (κ2) is 6.15. The van der Waals surface area contributed by atoms with Crippen molar-refractivity contribution in [1.82, 2.24) is 9.47 Å². The summed E-state index contributed by atoms with van der Waals surface area (Å²) in [5, 5.41) is 0.942. The predicted octanol–water partition coefficient (Wildman–Crippen LogP) is 2.94. The first-order valence-corrected chi connectivity index (χ1v) is 8.27. The number of nitrogens with zero attached hydrogens (tertiary/aromatic N) is 2. The first-order chi connectivity index (χ1) is 11.3. The Labute approximate surface area is 149 Å². The van der Waals surface area contributed by atoms with Crippen molar-refractivity contribution in [1.29, 1.82) is 0 Å². The predicted molar refractivity (Wildman–Crippen MR) is 93.6 cm³/mol. The molecule has 0 bridgehead atoms. The highest BCUT2D eigenvalue weighted by Gasteiger charge is 2.26. The van der Waals surface area contributed by atoms with E-state index in [0.29, 0.717) is 40.8 Å². The quantitative estimate of drug-likeness (QED) is 0.888. The number of rotatable bonds is 2. The lowest BCUT2D eigenvalue weighted by Gasteiger charge is -2.28. The van der Waals surface area contributed by atoms with Gasteiger partial charge in [0.15, 0.2) is 0 Å². The zero-order valence-corrected chi connectivity index (χ0v) is 14.9. The third-order valence-electron chi connectivity index (χ3n) is 4.51. The van der Waals surface area contributed by atoms with Gasteiger partial charge in [-0.1, -0.05) is 23.2 Å². The first kappa shape index (κ1) is 16.9. The van der Waals surface area contributed by atoms with Crippen LogP contribution in [0.2, 0.25) is 10.0 Å². The van der Waals surface area contributed by atoms with Crippen LogP contribution in [0.15, 0.2) is 18.2 Å². The number of hydrogen-bond donors (Lipinski definition) is 1. The average molecular weight is 366 g/mol. The number of benzene rings is 1. The van der Waals surface area contributed by atoms with Crippen molar-refractivity contribution in [2.45, 2.75) is 19.9 Å². The molecule has 2 amide bonds. The highest BCUT2D eigenvalue weighted by molar-refractivity contribution is 6.36. The van der Waals surface area contributed by atoms with Crippen LogP contribution in [0.4, 0.5) is 0 Å². The van der Waals surface area contributed by atoms with Crippen LogP contribution in [0, 0.1) is 6.92 Å². The normalized spacial score (nSPS) is 13.8. The van der Waals surface area contributed by atoms with Crippen LogP contribution in [0.1, 0.15) is 37.7 Å². The lowest BCUT2D eigenvalue weighted by atomic mass is 10.1. The Balaban J connectivity index is 1.90. The summed E-state index contributed by atoms with van der Waals surface area (Å²) in [7, 11) is 1.78. The fourth-order valence-corrected chi connectivity index (χ4v) is 3.49. The molecule has 2 N–H and O–H groups in total. The minimum atomic E-state index is -0.470. The molecule has 1 aliphatic heterocycles. The zero-order valence-electron chi connectivity index (χ0n) is 13.4. The zero-order chi connectivity index (χ0) is 17.6. The van der Waals surface area contributed by atoms with Gasteiger partial charge in [-0.05, 0) is 42.7 Å². The molecule has 2 aromatic rings. The molecule has 1 aromatic heterocycles. The van der Waals surface area contributed by atoms with E-state index in [1.807, 2.05) is 0 Å². The maximum absolute atomic E-state index is 12.8. The Kier molecular flexibility index (Phi) is 4.32. The molecule has 0 spiro atoms. The van der Waals surface area contributed by atoms with Crippen molar-refractivity contribution in [3.8, 4) is 0 Å². The number of primary amides is 1. The minimum absolute atomic E-state index is 0.133. The summed E-state index contributed by atoms with van der Waals surface area (Å²) in [6.07, 6.45) is 0.676. The topological polar surface area (TPSA) is 68.3 Å². The average Bonchev–Trinajstić information content (AvgIpc) is 2.88. The number of amides is 2. The molecule has 1 aromatic carbocycles. The molecular weight excluding hydrogens is 349 g/mol. The van der Waals surface area contributed by atoms with Crippen molar-refractivity contribution in [3.63, 3.8) is 0 Å². The molecule has 0 radical (unpaired) electrons. The molecule has 24 heavy (non-hydrogen) atoms. The van der Waals surface area contributed by atoms with Gasteiger partial charge >= 0.3 is 0 Å². The van der Waals surface area contributed by atoms with Gasteiger partial charge in [0.25, 0.3) is 11.8 Å². The molecule has 2 heterocycles. The van der Waals surface area contributed by atoms with Crippen LogP contribution in [0.3, 0.4) is 0 Å². The van der Waals surface area contributed by atoms with Gasteiger partial charge in [0.2, 0.25) is 0 Å². The number of carbonyl (C=O) groups excluding carboxylic acids is 2. The van der Waals surface area contributed by atoms with E-state index in [2.05, 4.69) is 0 Å². The molecule has 0 fully saturated rings. The van der Waals surface area contributed by atoms with E-state index in [-0.39, 0.29) is 5.91 Å². The van der Waals surface area contributed by atoms with Crippen LogP contribution < -0.4 is 5.73 Å². The van der Waals surface area contributed by atoms with Gasteiger partial charge in [-0.25, -0.2) is 0 Å². The van der Waals surface area contributed by atoms with Gasteiger partial charge in [0.1, 0.15) is 5.69 Å². The first-order valence-electron chi connectivity index (χ1n) is 7.51. The van der Waals surface area contributed by atoms with Crippen molar-refractivity contribution >= 4 is 35.0 Å². The third kappa shape index (κ3) is 2.78. The lowest BCUT2D eigenvalue weighted by molar-refractivity contribution is 0.0731. The monoisotopic (exact) mass is 365 g/mol. The third-order valence-corrected chi connectivity index (χ3v) is 5.29. The van der Waals surface area contributed by atoms with Crippen LogP contribution in [0.5, 0.6) is 0 Å². The highest BCUT2D eigenvalue weighted by Crippen LogP contribution is 2.28. The Morgan fingerprint density at radius 1 is 1.17 bits per heavy atom. The molecule has 5 nitrogen and oxygen atoms in total. The molecule has 1 aliphatic rings. The fraction of sp³-hybridized carbons (Fsp3) is 0.294. The van der Waals surface area contributed by atoms with Gasteiger partial charge in [-0.3, -0.25) is 9.59 Å². The van der Waals surface area contributed by atoms with Crippen molar-refractivity contribution in [3.05, 3.63) is 56.3 Å². The summed E-state index contributed by atoms with van der Waals surface area (Å²) in [6, 6.07) is 5.08. The Hall–Kier alpha value is -1.98. The lowest BCUT2D eigenvalue weighted by Crippen LogP contribution is -2.36. The van der Waals surface area contributed by atoms with E-state index in [9.17, 15) is 9.59 Å². The van der Waals surface area contributed by atoms with Crippen LogP contribution in [-0.2, 0) is 20.0 Å². The summed E-state index contributed by atoms with van der Waals surface area (Å²) in [5.41, 5.74) is 9.03. The number of nitrogens with two attached hydrogens (primary N) is 1. The van der Waals surface area contributed by atoms with E-state index in [4.69, 9.17) is 28.9 Å². The van der Waals surface area contributed by atoms with Crippen LogP contribution in [0.25, 0.3) is 0 Å². The van der Waals surface area contributed by atoms with Crippen molar-refractivity contribution in [2.24, 2.45) is 12.8 Å². The van der Waals surface area contributed by atoms with E-state index in [1.165, 1.54) is 0 Å². The number of aromatic nitrogens is 1. The number of fused-ring (bicyclic) bond motifs is 1. The Morgan fingerprint density at radius 2 is 1.79 bits per heavy atom. The maximum Gasteiger partial charge on any atom is 0.265 e. The Morgan fingerprint density at radius 3 is 2.38 bits per heavy atom. The van der Waals surface area contributed by atoms with Gasteiger partial charge in [-0.15, -0.1) is 0 Å². The SMILES string of the molecule is Cc1c(Cl)cc(C(=O)N2CCc3cc(C(N)=O)n(C)c3C2)cc1Cl. The van der Waals surface area contributed by atoms with E-state index < -0.39 is 5.91 Å². The maximum atomic E-state index is 12.8. The van der Waals surface area contributed by atoms with E-state index in [1.54, 1.807) is 41.6 Å². The van der Waals surface area contributed by atoms with Gasteiger partial charge in [0.05, 0.1) is 6.54 Å². The second-order valence-electron chi connectivity index (χ2n) is 5.97. The van der Waals surface area contributed by atoms with Gasteiger partial charge < -0.3 is 15.2 Å². The van der Waals surface area contributed by atoms with Crippen LogP contribution >= 0.6 is 23.2 Å². The van der Waals surface area contributed by atoms with Crippen molar-refractivity contribution in [2.75, 3.05) is 6.54 Å². The smallest absolute Gasteiger partial charge is 0.265 e. The standard InChI is InChI=1S/C17H17Cl2N3O2/c1-9-12(18)5-11(6-13(9)19)17(24)22-4-3-10-7-14(16(20)23)21(2)15(10)8-22/h5-7H,3-4,8H2,1-2H3,(H2,20,23). The molecule has 0 saturated heterocycles. The summed E-state index contributed by atoms with van der Waals surface area (Å²) in [4.78, 5) is 26.0. The molecular formula is C17H17Cl2N3O2. The minimum Gasteiger partial charge on any atom is -0.364 e. The molecule has 3 rings (SSSR count). The van der Waals surface area contributed by atoms with Crippen molar-refractivity contribution < 1.29 is 9.59 Å². The summed E-state index contributed by atoms with van der Waals surface area (Å²) < 4.78 is 1.76. The second-order valence-corrected chi connectivity index (χ2v) is 6.78. The van der Waals surface area contributed by atoms with E-state index in [0.717, 1.165) is 16.8 Å². The van der Waals surface area contributed by atoms with Crippen LogP contribution in [-0.4, -0.2) is 27.8 Å². The summed E-state index contributed by atoms with van der Waals surface area (Å²) in [6.45, 7) is 2.79. The van der Waals surface area contributed by atoms with Gasteiger partial charge in [-0.2, -0.15) is 0 Å². The molecule has 0 atom stereocenters. The Bertz CT molecular complexity index is 835. The summed E-state index contributed by atoms with van der Waals surface area (Å²) >= 11 is 12.3. The molecule has 0 aliphatic carbocycles. The molecule has 0 saturated carbocycles.